The van der Waals surface area contributed by atoms with Crippen molar-refractivity contribution in [2.45, 2.75) is 0 Å². The number of carbonyl (C=O) groups excluding carboxylic acids is 1. The largest absolute Gasteiger partial charge is 0.497 e. The molecule has 1 N–H and O–H groups in total. The first-order valence-electron chi connectivity index (χ1n) is 7.23. The molecule has 4 heteroatoms. The summed E-state index contributed by atoms with van der Waals surface area (Å²) >= 11 is 0. The van der Waals surface area contributed by atoms with Gasteiger partial charge in [-0.05, 0) is 23.8 Å². The zero-order valence-corrected chi connectivity index (χ0v) is 12.7. The van der Waals surface area contributed by atoms with Gasteiger partial charge in [0.05, 0.1) is 18.3 Å². The third-order valence-electron chi connectivity index (χ3n) is 3.40. The molecule has 1 heterocycles. The summed E-state index contributed by atoms with van der Waals surface area (Å²) < 4.78 is 5.28. The van der Waals surface area contributed by atoms with E-state index in [1.165, 1.54) is 6.08 Å². The Morgan fingerprint density at radius 1 is 1.13 bits per heavy atom. The zero-order chi connectivity index (χ0) is 16.1. The number of carbonyl (C=O) groups is 1. The van der Waals surface area contributed by atoms with Crippen LogP contribution in [0.2, 0.25) is 0 Å². The van der Waals surface area contributed by atoms with Gasteiger partial charge in [-0.15, -0.1) is 0 Å². The van der Waals surface area contributed by atoms with E-state index < -0.39 is 0 Å². The maximum atomic E-state index is 12.2. The van der Waals surface area contributed by atoms with Crippen molar-refractivity contribution in [1.29, 1.82) is 0 Å². The highest BCUT2D eigenvalue weighted by molar-refractivity contribution is 6.06. The molecule has 23 heavy (non-hydrogen) atoms. The van der Waals surface area contributed by atoms with E-state index in [-0.39, 0.29) is 5.91 Å². The highest BCUT2D eigenvalue weighted by Crippen LogP contribution is 2.27. The van der Waals surface area contributed by atoms with Gasteiger partial charge in [0, 0.05) is 23.7 Å². The quantitative estimate of drug-likeness (QED) is 0.744. The molecule has 0 aliphatic heterocycles. The van der Waals surface area contributed by atoms with E-state index in [0.717, 1.165) is 16.5 Å². The van der Waals surface area contributed by atoms with Crippen LogP contribution in [0.4, 0.5) is 5.69 Å². The molecule has 0 unspecified atom stereocenters. The van der Waals surface area contributed by atoms with E-state index >= 15 is 0 Å². The molecule has 114 valence electrons. The third-order valence-corrected chi connectivity index (χ3v) is 3.40. The molecular weight excluding hydrogens is 288 g/mol. The van der Waals surface area contributed by atoms with E-state index in [4.69, 9.17) is 4.74 Å². The number of fused-ring (bicyclic) bond motifs is 1. The maximum Gasteiger partial charge on any atom is 0.248 e. The van der Waals surface area contributed by atoms with Crippen molar-refractivity contribution in [3.05, 3.63) is 72.4 Å². The second kappa shape index (κ2) is 6.75. The third kappa shape index (κ3) is 3.55. The molecule has 0 spiro atoms. The van der Waals surface area contributed by atoms with Crippen molar-refractivity contribution >= 4 is 28.6 Å². The van der Waals surface area contributed by atoms with Gasteiger partial charge in [-0.2, -0.15) is 0 Å². The second-order valence-electron chi connectivity index (χ2n) is 4.98. The number of amides is 1. The summed E-state index contributed by atoms with van der Waals surface area (Å²) in [5, 5.41) is 3.77. The normalized spacial score (nSPS) is 10.8. The Kier molecular flexibility index (Phi) is 4.34. The number of nitrogens with one attached hydrogen (secondary N) is 1. The lowest BCUT2D eigenvalue weighted by Gasteiger charge is -2.09. The summed E-state index contributed by atoms with van der Waals surface area (Å²) in [7, 11) is 1.60. The number of pyridine rings is 1. The topological polar surface area (TPSA) is 51.2 Å². The Morgan fingerprint density at radius 2 is 1.96 bits per heavy atom. The van der Waals surface area contributed by atoms with E-state index in [1.807, 2.05) is 48.5 Å². The van der Waals surface area contributed by atoms with E-state index in [0.29, 0.717) is 11.4 Å². The maximum absolute atomic E-state index is 12.2. The van der Waals surface area contributed by atoms with Crippen molar-refractivity contribution in [3.63, 3.8) is 0 Å². The molecule has 0 atom stereocenters. The molecular formula is C19H16N2O2. The van der Waals surface area contributed by atoms with Gasteiger partial charge < -0.3 is 10.1 Å². The molecule has 0 saturated carbocycles. The van der Waals surface area contributed by atoms with Crippen molar-refractivity contribution in [3.8, 4) is 5.75 Å². The van der Waals surface area contributed by atoms with Crippen molar-refractivity contribution in [2.24, 2.45) is 0 Å². The van der Waals surface area contributed by atoms with Crippen LogP contribution >= 0.6 is 0 Å². The van der Waals surface area contributed by atoms with Crippen LogP contribution in [0.5, 0.6) is 5.75 Å². The lowest BCUT2D eigenvalue weighted by Crippen LogP contribution is -2.08. The predicted molar refractivity (Wildman–Crippen MR) is 92.4 cm³/mol. The minimum atomic E-state index is -0.214. The van der Waals surface area contributed by atoms with E-state index in [2.05, 4.69) is 10.3 Å². The van der Waals surface area contributed by atoms with Gasteiger partial charge in [0.1, 0.15) is 5.75 Å². The predicted octanol–water partition coefficient (Wildman–Crippen LogP) is 3.90. The monoisotopic (exact) mass is 304 g/mol. The summed E-state index contributed by atoms with van der Waals surface area (Å²) in [6.07, 6.45) is 4.97. The first-order chi connectivity index (χ1) is 11.3. The van der Waals surface area contributed by atoms with E-state index in [9.17, 15) is 4.79 Å². The lowest BCUT2D eigenvalue weighted by atomic mass is 10.1. The van der Waals surface area contributed by atoms with Crippen LogP contribution in [0, 0.1) is 0 Å². The molecule has 1 aromatic heterocycles. The molecule has 0 radical (unpaired) electrons. The number of aromatic nitrogens is 1. The van der Waals surface area contributed by atoms with Crippen molar-refractivity contribution in [1.82, 2.24) is 4.98 Å². The summed E-state index contributed by atoms with van der Waals surface area (Å²) in [6, 6.07) is 17.1. The number of nitrogens with zero attached hydrogens (tertiary/aromatic N) is 1. The van der Waals surface area contributed by atoms with Gasteiger partial charge in [0.15, 0.2) is 0 Å². The molecule has 0 bridgehead atoms. The van der Waals surface area contributed by atoms with Crippen LogP contribution in [0.3, 0.4) is 0 Å². The number of rotatable bonds is 4. The zero-order valence-electron chi connectivity index (χ0n) is 12.7. The standard InChI is InChI=1S/C19H16N2O2/c1-23-16-12-15-8-5-11-20-19(15)17(13-16)21-18(22)10-9-14-6-3-2-4-7-14/h2-13H,1H3,(H,21,22)/b10-9-. The molecule has 2 aromatic carbocycles. The lowest BCUT2D eigenvalue weighted by molar-refractivity contribution is -0.111. The van der Waals surface area contributed by atoms with Gasteiger partial charge >= 0.3 is 0 Å². The number of ether oxygens (including phenoxy) is 1. The van der Waals surface area contributed by atoms with Crippen molar-refractivity contribution in [2.75, 3.05) is 12.4 Å². The molecule has 3 rings (SSSR count). The van der Waals surface area contributed by atoms with Gasteiger partial charge in [-0.1, -0.05) is 36.4 Å². The Labute approximate surface area is 134 Å². The second-order valence-corrected chi connectivity index (χ2v) is 4.98. The Balaban J connectivity index is 1.86. The molecule has 0 fully saturated rings. The number of benzene rings is 2. The van der Waals surface area contributed by atoms with Crippen LogP contribution in [0.25, 0.3) is 17.0 Å². The summed E-state index contributed by atoms with van der Waals surface area (Å²) in [5.74, 6) is 0.460. The molecule has 4 nitrogen and oxygen atoms in total. The SMILES string of the molecule is COc1cc(NC(=O)/C=C\c2ccccc2)c2ncccc2c1. The highest BCUT2D eigenvalue weighted by Gasteiger charge is 2.07. The van der Waals surface area contributed by atoms with Crippen LogP contribution in [-0.4, -0.2) is 18.0 Å². The van der Waals surface area contributed by atoms with Crippen LogP contribution in [0.1, 0.15) is 5.56 Å². The van der Waals surface area contributed by atoms with E-state index in [1.54, 1.807) is 25.4 Å². The Morgan fingerprint density at radius 3 is 2.74 bits per heavy atom. The number of hydrogen-bond acceptors (Lipinski definition) is 3. The highest BCUT2D eigenvalue weighted by atomic mass is 16.5. The molecule has 0 aliphatic carbocycles. The fraction of sp³-hybridized carbons (Fsp3) is 0.0526. The molecule has 3 aromatic rings. The van der Waals surface area contributed by atoms with Gasteiger partial charge in [0.25, 0.3) is 0 Å². The molecule has 1 amide bonds. The Bertz CT molecular complexity index is 858. The van der Waals surface area contributed by atoms with Gasteiger partial charge in [-0.25, -0.2) is 0 Å². The van der Waals surface area contributed by atoms with Crippen molar-refractivity contribution < 1.29 is 9.53 Å². The summed E-state index contributed by atoms with van der Waals surface area (Å²) in [6.45, 7) is 0. The summed E-state index contributed by atoms with van der Waals surface area (Å²) in [5.41, 5.74) is 2.33. The minimum Gasteiger partial charge on any atom is -0.497 e. The van der Waals surface area contributed by atoms with Crippen LogP contribution < -0.4 is 10.1 Å². The fourth-order valence-electron chi connectivity index (χ4n) is 2.29. The van der Waals surface area contributed by atoms with Crippen LogP contribution in [0.15, 0.2) is 66.9 Å². The number of methoxy groups -OCH3 is 1. The number of hydrogen-bond donors (Lipinski definition) is 1. The van der Waals surface area contributed by atoms with Gasteiger partial charge in [-0.3, -0.25) is 9.78 Å². The molecule has 0 aliphatic rings. The van der Waals surface area contributed by atoms with Gasteiger partial charge in [0.2, 0.25) is 5.91 Å². The first kappa shape index (κ1) is 14.8. The summed E-state index contributed by atoms with van der Waals surface area (Å²) in [4.78, 5) is 16.5. The van der Waals surface area contributed by atoms with Crippen LogP contribution in [-0.2, 0) is 4.79 Å². The fourth-order valence-corrected chi connectivity index (χ4v) is 2.29. The average molecular weight is 304 g/mol. The first-order valence-corrected chi connectivity index (χ1v) is 7.23. The number of anilines is 1. The smallest absolute Gasteiger partial charge is 0.248 e. The molecule has 0 saturated heterocycles. The minimum absolute atomic E-state index is 0.214. The Hall–Kier alpha value is -3.14. The average Bonchev–Trinajstić information content (AvgIpc) is 2.60.